The molecule has 2 amide bonds. The molecule has 6 nitrogen and oxygen atoms in total. The van der Waals surface area contributed by atoms with Gasteiger partial charge in [-0.1, -0.05) is 31.4 Å². The average molecular weight is 443 g/mol. The number of carbonyl (C=O) groups is 2. The lowest BCUT2D eigenvalue weighted by Crippen LogP contribution is -2.36. The van der Waals surface area contributed by atoms with E-state index in [0.29, 0.717) is 22.7 Å². The number of methoxy groups -OCH3 is 2. The van der Waals surface area contributed by atoms with E-state index in [-0.39, 0.29) is 23.1 Å². The number of hydrogen-bond donors (Lipinski definition) is 2. The molecule has 2 aromatic carbocycles. The van der Waals surface area contributed by atoms with Crippen molar-refractivity contribution in [3.63, 3.8) is 0 Å². The summed E-state index contributed by atoms with van der Waals surface area (Å²) in [6.07, 6.45) is 5.55. The molecule has 0 bridgehead atoms. The average Bonchev–Trinajstić information content (AvgIpc) is 2.79. The van der Waals surface area contributed by atoms with Gasteiger partial charge in [-0.3, -0.25) is 9.59 Å². The lowest BCUT2D eigenvalue weighted by atomic mass is 9.95. The second-order valence-electron chi connectivity index (χ2n) is 7.62. The van der Waals surface area contributed by atoms with E-state index < -0.39 is 0 Å². The van der Waals surface area contributed by atoms with E-state index in [1.54, 1.807) is 26.4 Å². The lowest BCUT2D eigenvalue weighted by molar-refractivity contribution is -0.115. The number of hydrogen-bond acceptors (Lipinski definition) is 5. The van der Waals surface area contributed by atoms with Gasteiger partial charge in [0.15, 0.2) is 11.5 Å². The fourth-order valence-electron chi connectivity index (χ4n) is 3.68. The Kier molecular flexibility index (Phi) is 8.23. The zero-order valence-corrected chi connectivity index (χ0v) is 19.1. The van der Waals surface area contributed by atoms with Crippen molar-refractivity contribution in [1.82, 2.24) is 5.32 Å². The molecule has 2 N–H and O–H groups in total. The Bertz CT molecular complexity index is 912. The first-order chi connectivity index (χ1) is 15.0. The van der Waals surface area contributed by atoms with Gasteiger partial charge in [0, 0.05) is 10.9 Å². The molecule has 0 spiro atoms. The standard InChI is InChI=1S/C24H30N2O4S/c1-16(31-18-13-14-21(29-2)22(15-18)30-3)23(27)26-20-12-8-7-11-19(20)24(28)25-17-9-5-4-6-10-17/h7-8,11-17H,4-6,9-10H2,1-3H3,(H,25,28)(H,26,27)/t16-/m0/s1. The van der Waals surface area contributed by atoms with Crippen molar-refractivity contribution in [3.8, 4) is 11.5 Å². The maximum absolute atomic E-state index is 12.8. The number of amides is 2. The van der Waals surface area contributed by atoms with Crippen LogP contribution >= 0.6 is 11.8 Å². The molecule has 3 rings (SSSR count). The van der Waals surface area contributed by atoms with Crippen LogP contribution in [0.5, 0.6) is 11.5 Å². The summed E-state index contributed by atoms with van der Waals surface area (Å²) >= 11 is 1.41. The normalized spacial score (nSPS) is 15.1. The smallest absolute Gasteiger partial charge is 0.253 e. The summed E-state index contributed by atoms with van der Waals surface area (Å²) in [4.78, 5) is 26.5. The zero-order chi connectivity index (χ0) is 22.2. The zero-order valence-electron chi connectivity index (χ0n) is 18.3. The predicted molar refractivity (Wildman–Crippen MR) is 124 cm³/mol. The van der Waals surface area contributed by atoms with Gasteiger partial charge in [0.1, 0.15) is 0 Å². The molecule has 1 saturated carbocycles. The molecule has 31 heavy (non-hydrogen) atoms. The highest BCUT2D eigenvalue weighted by Crippen LogP contribution is 2.34. The number of anilines is 1. The molecule has 1 fully saturated rings. The van der Waals surface area contributed by atoms with Gasteiger partial charge >= 0.3 is 0 Å². The molecule has 0 radical (unpaired) electrons. The van der Waals surface area contributed by atoms with Crippen molar-refractivity contribution in [2.24, 2.45) is 0 Å². The third-order valence-electron chi connectivity index (χ3n) is 5.41. The first-order valence-corrected chi connectivity index (χ1v) is 11.5. The highest BCUT2D eigenvalue weighted by molar-refractivity contribution is 8.00. The second-order valence-corrected chi connectivity index (χ2v) is 9.03. The maximum atomic E-state index is 12.8. The molecule has 2 aromatic rings. The highest BCUT2D eigenvalue weighted by Gasteiger charge is 2.21. The number of para-hydroxylation sites is 1. The Balaban J connectivity index is 1.65. The van der Waals surface area contributed by atoms with Crippen LogP contribution in [-0.4, -0.2) is 37.3 Å². The van der Waals surface area contributed by atoms with E-state index in [0.717, 1.165) is 30.6 Å². The molecular weight excluding hydrogens is 412 g/mol. The van der Waals surface area contributed by atoms with E-state index in [1.807, 2.05) is 37.3 Å². The van der Waals surface area contributed by atoms with Crippen molar-refractivity contribution in [2.45, 2.75) is 55.2 Å². The Labute approximate surface area is 188 Å². The number of nitrogens with one attached hydrogen (secondary N) is 2. The second kappa shape index (κ2) is 11.1. The lowest BCUT2D eigenvalue weighted by Gasteiger charge is -2.23. The third kappa shape index (κ3) is 6.17. The van der Waals surface area contributed by atoms with Gasteiger partial charge in [-0.05, 0) is 50.1 Å². The molecule has 1 aliphatic carbocycles. The van der Waals surface area contributed by atoms with Crippen LogP contribution in [0.15, 0.2) is 47.4 Å². The van der Waals surface area contributed by atoms with E-state index in [1.165, 1.54) is 18.2 Å². The largest absolute Gasteiger partial charge is 0.493 e. The minimum Gasteiger partial charge on any atom is -0.493 e. The first kappa shape index (κ1) is 23.0. The number of ether oxygens (including phenoxy) is 2. The summed E-state index contributed by atoms with van der Waals surface area (Å²) in [6.45, 7) is 1.83. The highest BCUT2D eigenvalue weighted by atomic mass is 32.2. The van der Waals surface area contributed by atoms with Gasteiger partial charge in [0.05, 0.1) is 30.7 Å². The van der Waals surface area contributed by atoms with Crippen LogP contribution in [0.25, 0.3) is 0 Å². The molecule has 7 heteroatoms. The summed E-state index contributed by atoms with van der Waals surface area (Å²) < 4.78 is 10.6. The number of rotatable bonds is 8. The molecule has 1 atom stereocenters. The van der Waals surface area contributed by atoms with Crippen LogP contribution < -0.4 is 20.1 Å². The topological polar surface area (TPSA) is 76.7 Å². The number of benzene rings is 2. The van der Waals surface area contributed by atoms with Gasteiger partial charge in [-0.25, -0.2) is 0 Å². The molecule has 0 aromatic heterocycles. The molecule has 0 heterocycles. The van der Waals surface area contributed by atoms with Crippen LogP contribution in [0.1, 0.15) is 49.4 Å². The molecule has 0 unspecified atom stereocenters. The Morgan fingerprint density at radius 3 is 2.42 bits per heavy atom. The summed E-state index contributed by atoms with van der Waals surface area (Å²) in [5.41, 5.74) is 1.02. The van der Waals surface area contributed by atoms with Crippen LogP contribution in [0.4, 0.5) is 5.69 Å². The van der Waals surface area contributed by atoms with Crippen LogP contribution in [0, 0.1) is 0 Å². The predicted octanol–water partition coefficient (Wildman–Crippen LogP) is 4.89. The van der Waals surface area contributed by atoms with Crippen molar-refractivity contribution < 1.29 is 19.1 Å². The maximum Gasteiger partial charge on any atom is 0.253 e. The van der Waals surface area contributed by atoms with Crippen molar-refractivity contribution in [1.29, 1.82) is 0 Å². The molecule has 166 valence electrons. The van der Waals surface area contributed by atoms with Gasteiger partial charge in [-0.2, -0.15) is 0 Å². The summed E-state index contributed by atoms with van der Waals surface area (Å²) in [5, 5.41) is 5.68. The molecule has 0 saturated heterocycles. The minimum atomic E-state index is -0.368. The summed E-state index contributed by atoms with van der Waals surface area (Å²) in [5.74, 6) is 0.951. The molecule has 1 aliphatic rings. The number of thioether (sulfide) groups is 1. The van der Waals surface area contributed by atoms with Crippen molar-refractivity contribution >= 4 is 29.3 Å². The first-order valence-electron chi connectivity index (χ1n) is 10.6. The quantitative estimate of drug-likeness (QED) is 0.570. The van der Waals surface area contributed by atoms with Gasteiger partial charge < -0.3 is 20.1 Å². The Morgan fingerprint density at radius 2 is 1.71 bits per heavy atom. The van der Waals surface area contributed by atoms with Crippen LogP contribution in [-0.2, 0) is 4.79 Å². The number of carbonyl (C=O) groups excluding carboxylic acids is 2. The molecular formula is C24H30N2O4S. The van der Waals surface area contributed by atoms with Gasteiger partial charge in [0.2, 0.25) is 5.91 Å². The van der Waals surface area contributed by atoms with E-state index in [4.69, 9.17) is 9.47 Å². The van der Waals surface area contributed by atoms with Gasteiger partial charge in [-0.15, -0.1) is 11.8 Å². The van der Waals surface area contributed by atoms with Crippen molar-refractivity contribution in [2.75, 3.05) is 19.5 Å². The Hall–Kier alpha value is -2.67. The fourth-order valence-corrected chi connectivity index (χ4v) is 4.58. The van der Waals surface area contributed by atoms with Crippen LogP contribution in [0.3, 0.4) is 0 Å². The van der Waals surface area contributed by atoms with E-state index in [9.17, 15) is 9.59 Å². The van der Waals surface area contributed by atoms with Crippen molar-refractivity contribution in [3.05, 3.63) is 48.0 Å². The summed E-state index contributed by atoms with van der Waals surface area (Å²) in [6, 6.07) is 12.9. The van der Waals surface area contributed by atoms with E-state index in [2.05, 4.69) is 10.6 Å². The monoisotopic (exact) mass is 442 g/mol. The van der Waals surface area contributed by atoms with Gasteiger partial charge in [0.25, 0.3) is 5.91 Å². The SMILES string of the molecule is COc1ccc(S[C@@H](C)C(=O)Nc2ccccc2C(=O)NC2CCCCC2)cc1OC. The minimum absolute atomic E-state index is 0.136. The van der Waals surface area contributed by atoms with Crippen LogP contribution in [0.2, 0.25) is 0 Å². The summed E-state index contributed by atoms with van der Waals surface area (Å²) in [7, 11) is 3.17. The Morgan fingerprint density at radius 1 is 1.00 bits per heavy atom. The third-order valence-corrected chi connectivity index (χ3v) is 6.50. The van der Waals surface area contributed by atoms with E-state index >= 15 is 0 Å². The molecule has 0 aliphatic heterocycles. The fraction of sp³-hybridized carbons (Fsp3) is 0.417.